The summed E-state index contributed by atoms with van der Waals surface area (Å²) in [6.45, 7) is 2.68. The monoisotopic (exact) mass is 197 g/mol. The molecule has 0 aliphatic rings. The van der Waals surface area contributed by atoms with E-state index in [1.165, 1.54) is 0 Å². The summed E-state index contributed by atoms with van der Waals surface area (Å²) in [6.07, 6.45) is 1.97. The van der Waals surface area contributed by atoms with Gasteiger partial charge >= 0.3 is 0 Å². The van der Waals surface area contributed by atoms with E-state index in [1.807, 2.05) is 6.92 Å². The number of unbranched alkanes of at least 4 members (excludes halogenated alkanes) is 1. The summed E-state index contributed by atoms with van der Waals surface area (Å²) < 4.78 is 19.0. The average Bonchev–Trinajstić information content (AvgIpc) is 1.94. The van der Waals surface area contributed by atoms with E-state index in [9.17, 15) is 9.46 Å². The SMILES string of the molecule is CCCCOCCOP(=O)([O-])O. The third kappa shape index (κ3) is 10.1. The molecule has 74 valence electrons. The van der Waals surface area contributed by atoms with Gasteiger partial charge in [-0.1, -0.05) is 13.3 Å². The predicted octanol–water partition coefficient (Wildman–Crippen LogP) is 0.280. The standard InChI is InChI=1S/C6H15O5P/c1-2-3-4-10-5-6-11-12(7,8)9/h2-6H2,1H3,(H2,7,8,9)/p-1. The van der Waals surface area contributed by atoms with Crippen molar-refractivity contribution in [2.24, 2.45) is 0 Å². The van der Waals surface area contributed by atoms with Gasteiger partial charge in [-0.15, -0.1) is 0 Å². The Kier molecular flexibility index (Phi) is 6.61. The van der Waals surface area contributed by atoms with Crippen molar-refractivity contribution in [2.75, 3.05) is 19.8 Å². The second-order valence-corrected chi connectivity index (χ2v) is 3.46. The topological polar surface area (TPSA) is 78.8 Å². The van der Waals surface area contributed by atoms with Crippen molar-refractivity contribution < 1.29 is 23.6 Å². The third-order valence-electron chi connectivity index (χ3n) is 1.12. The lowest BCUT2D eigenvalue weighted by molar-refractivity contribution is -0.220. The lowest BCUT2D eigenvalue weighted by Crippen LogP contribution is -2.09. The van der Waals surface area contributed by atoms with Crippen LogP contribution < -0.4 is 4.89 Å². The zero-order valence-corrected chi connectivity index (χ0v) is 7.96. The highest BCUT2D eigenvalue weighted by Gasteiger charge is 1.99. The van der Waals surface area contributed by atoms with E-state index in [1.54, 1.807) is 0 Å². The Morgan fingerprint density at radius 3 is 2.58 bits per heavy atom. The van der Waals surface area contributed by atoms with Crippen LogP contribution in [0.25, 0.3) is 0 Å². The van der Waals surface area contributed by atoms with E-state index in [-0.39, 0.29) is 13.2 Å². The van der Waals surface area contributed by atoms with Crippen molar-refractivity contribution in [2.45, 2.75) is 19.8 Å². The van der Waals surface area contributed by atoms with Crippen LogP contribution in [0, 0.1) is 0 Å². The van der Waals surface area contributed by atoms with Gasteiger partial charge in [0.1, 0.15) is 0 Å². The molecule has 0 heterocycles. The highest BCUT2D eigenvalue weighted by Crippen LogP contribution is 2.29. The normalized spacial score (nSPS) is 15.9. The number of rotatable bonds is 7. The molecule has 0 fully saturated rings. The van der Waals surface area contributed by atoms with Crippen molar-refractivity contribution in [3.8, 4) is 0 Å². The van der Waals surface area contributed by atoms with Gasteiger partial charge in [-0.3, -0.25) is 4.57 Å². The number of ether oxygens (including phenoxy) is 1. The first-order chi connectivity index (χ1) is 5.56. The fraction of sp³-hybridized carbons (Fsp3) is 1.00. The van der Waals surface area contributed by atoms with Gasteiger partial charge in [0, 0.05) is 6.61 Å². The highest BCUT2D eigenvalue weighted by molar-refractivity contribution is 7.44. The van der Waals surface area contributed by atoms with Gasteiger partial charge in [-0.2, -0.15) is 0 Å². The van der Waals surface area contributed by atoms with Gasteiger partial charge in [0.2, 0.25) is 0 Å². The molecule has 0 radical (unpaired) electrons. The first-order valence-corrected chi connectivity index (χ1v) is 5.32. The highest BCUT2D eigenvalue weighted by atomic mass is 31.2. The molecule has 0 bridgehead atoms. The average molecular weight is 197 g/mol. The Balaban J connectivity index is 3.06. The summed E-state index contributed by atoms with van der Waals surface area (Å²) in [5, 5.41) is 0. The van der Waals surface area contributed by atoms with Crippen molar-refractivity contribution in [1.29, 1.82) is 0 Å². The number of hydrogen-bond donors (Lipinski definition) is 1. The molecule has 0 saturated carbocycles. The second kappa shape index (κ2) is 6.57. The lowest BCUT2D eigenvalue weighted by Gasteiger charge is -2.14. The van der Waals surface area contributed by atoms with Gasteiger partial charge in [-0.05, 0) is 6.42 Å². The Labute approximate surface area is 71.9 Å². The van der Waals surface area contributed by atoms with Crippen LogP contribution in [0.4, 0.5) is 0 Å². The molecule has 1 atom stereocenters. The molecule has 0 spiro atoms. The largest absolute Gasteiger partial charge is 0.756 e. The fourth-order valence-corrected chi connectivity index (χ4v) is 0.865. The minimum atomic E-state index is -4.55. The molecule has 0 aromatic carbocycles. The molecule has 0 saturated heterocycles. The molecule has 0 amide bonds. The van der Waals surface area contributed by atoms with Crippen molar-refractivity contribution >= 4 is 7.82 Å². The Bertz CT molecular complexity index is 143. The summed E-state index contributed by atoms with van der Waals surface area (Å²) in [4.78, 5) is 18.2. The van der Waals surface area contributed by atoms with Gasteiger partial charge in [0.15, 0.2) is 0 Å². The quantitative estimate of drug-likeness (QED) is 0.468. The molecule has 0 aliphatic heterocycles. The van der Waals surface area contributed by atoms with E-state index in [2.05, 4.69) is 4.52 Å². The van der Waals surface area contributed by atoms with Crippen LogP contribution in [-0.2, 0) is 13.8 Å². The molecule has 6 heteroatoms. The second-order valence-electron chi connectivity index (χ2n) is 2.27. The minimum absolute atomic E-state index is 0.124. The van der Waals surface area contributed by atoms with Crippen molar-refractivity contribution in [3.63, 3.8) is 0 Å². The van der Waals surface area contributed by atoms with E-state index in [0.717, 1.165) is 12.8 Å². The molecule has 1 N–H and O–H groups in total. The van der Waals surface area contributed by atoms with Gasteiger partial charge in [0.25, 0.3) is 7.82 Å². The lowest BCUT2D eigenvalue weighted by atomic mass is 10.4. The summed E-state index contributed by atoms with van der Waals surface area (Å²) in [6, 6.07) is 0. The van der Waals surface area contributed by atoms with Crippen LogP contribution in [0.5, 0.6) is 0 Å². The molecule has 5 nitrogen and oxygen atoms in total. The van der Waals surface area contributed by atoms with Gasteiger partial charge < -0.3 is 19.0 Å². The Hall–Kier alpha value is 0.0700. The zero-order chi connectivity index (χ0) is 9.45. The number of phosphoric ester groups is 1. The van der Waals surface area contributed by atoms with E-state index in [0.29, 0.717) is 6.61 Å². The van der Waals surface area contributed by atoms with Crippen LogP contribution in [0.2, 0.25) is 0 Å². The van der Waals surface area contributed by atoms with Crippen LogP contribution >= 0.6 is 7.82 Å². The Morgan fingerprint density at radius 1 is 1.42 bits per heavy atom. The fourth-order valence-electron chi connectivity index (χ4n) is 0.560. The maximum absolute atomic E-state index is 10.0. The maximum atomic E-state index is 10.0. The van der Waals surface area contributed by atoms with Crippen LogP contribution in [0.3, 0.4) is 0 Å². The van der Waals surface area contributed by atoms with Crippen LogP contribution in [0.1, 0.15) is 19.8 Å². The summed E-state index contributed by atoms with van der Waals surface area (Å²) in [7, 11) is -4.55. The molecule has 0 rings (SSSR count). The zero-order valence-electron chi connectivity index (χ0n) is 7.06. The van der Waals surface area contributed by atoms with E-state index >= 15 is 0 Å². The van der Waals surface area contributed by atoms with Crippen molar-refractivity contribution in [3.05, 3.63) is 0 Å². The summed E-state index contributed by atoms with van der Waals surface area (Å²) in [5.74, 6) is 0. The minimum Gasteiger partial charge on any atom is -0.756 e. The summed E-state index contributed by atoms with van der Waals surface area (Å²) >= 11 is 0. The van der Waals surface area contributed by atoms with Crippen molar-refractivity contribution in [1.82, 2.24) is 0 Å². The van der Waals surface area contributed by atoms with E-state index < -0.39 is 7.82 Å². The molecule has 0 aromatic heterocycles. The first kappa shape index (κ1) is 12.1. The third-order valence-corrected chi connectivity index (χ3v) is 1.63. The smallest absolute Gasteiger partial charge is 0.265 e. The molecular weight excluding hydrogens is 183 g/mol. The molecule has 1 unspecified atom stereocenters. The Morgan fingerprint density at radius 2 is 2.08 bits per heavy atom. The molecule has 12 heavy (non-hydrogen) atoms. The van der Waals surface area contributed by atoms with Crippen LogP contribution in [-0.4, -0.2) is 24.7 Å². The molecule has 0 aliphatic carbocycles. The van der Waals surface area contributed by atoms with Crippen LogP contribution in [0.15, 0.2) is 0 Å². The first-order valence-electron chi connectivity index (χ1n) is 3.82. The maximum Gasteiger partial charge on any atom is 0.265 e. The molecular formula is C6H14O5P-. The van der Waals surface area contributed by atoms with Gasteiger partial charge in [-0.25, -0.2) is 0 Å². The number of hydrogen-bond acceptors (Lipinski definition) is 4. The molecule has 0 aromatic rings. The summed E-state index contributed by atoms with van der Waals surface area (Å²) in [5.41, 5.74) is 0. The van der Waals surface area contributed by atoms with Gasteiger partial charge in [0.05, 0.1) is 13.2 Å². The predicted molar refractivity (Wildman–Crippen MR) is 41.5 cm³/mol. The van der Waals surface area contributed by atoms with E-state index in [4.69, 9.17) is 9.63 Å². The number of phosphoric acid groups is 1.